The number of ether oxygens (including phenoxy) is 2. The van der Waals surface area contributed by atoms with E-state index in [2.05, 4.69) is 12.1 Å². The highest BCUT2D eigenvalue weighted by Gasteiger charge is 2.15. The molecule has 0 heterocycles. The summed E-state index contributed by atoms with van der Waals surface area (Å²) in [5.41, 5.74) is 1.22. The van der Waals surface area contributed by atoms with Gasteiger partial charge in [0.05, 0.1) is 13.2 Å². The summed E-state index contributed by atoms with van der Waals surface area (Å²) in [5.74, 6) is -0.0652. The lowest BCUT2D eigenvalue weighted by Crippen LogP contribution is -2.13. The number of carbonyl (C=O) groups is 2. The van der Waals surface area contributed by atoms with Gasteiger partial charge in [-0.05, 0) is 44.6 Å². The van der Waals surface area contributed by atoms with E-state index in [0.29, 0.717) is 26.1 Å². The molecule has 0 aliphatic heterocycles. The Bertz CT molecular complexity index is 420. The quantitative estimate of drug-likeness (QED) is 0.621. The van der Waals surface area contributed by atoms with Crippen LogP contribution >= 0.6 is 0 Å². The van der Waals surface area contributed by atoms with Crippen LogP contribution in [0.1, 0.15) is 45.1 Å². The largest absolute Gasteiger partial charge is 0.466 e. The van der Waals surface area contributed by atoms with E-state index < -0.39 is 0 Å². The van der Waals surface area contributed by atoms with Crippen molar-refractivity contribution in [3.05, 3.63) is 35.9 Å². The molecule has 1 aromatic rings. The molecule has 4 heteroatoms. The minimum atomic E-state index is -0.170. The molecular weight excluding hydrogens is 280 g/mol. The minimum Gasteiger partial charge on any atom is -0.466 e. The molecule has 0 aliphatic carbocycles. The van der Waals surface area contributed by atoms with Crippen LogP contribution in [0.25, 0.3) is 0 Å². The number of hydrogen-bond donors (Lipinski definition) is 0. The second-order valence-corrected chi connectivity index (χ2v) is 5.24. The van der Waals surface area contributed by atoms with Crippen LogP contribution in [0.4, 0.5) is 0 Å². The average molecular weight is 306 g/mol. The van der Waals surface area contributed by atoms with Crippen molar-refractivity contribution in [2.45, 2.75) is 46.0 Å². The second kappa shape index (κ2) is 10.8. The van der Waals surface area contributed by atoms with Gasteiger partial charge in [0.25, 0.3) is 0 Å². The molecule has 0 spiro atoms. The third kappa shape index (κ3) is 7.81. The summed E-state index contributed by atoms with van der Waals surface area (Å²) in [6.07, 6.45) is 3.11. The summed E-state index contributed by atoms with van der Waals surface area (Å²) in [6, 6.07) is 10.1. The summed E-state index contributed by atoms with van der Waals surface area (Å²) in [7, 11) is 0. The Labute approximate surface area is 132 Å². The van der Waals surface area contributed by atoms with Crippen LogP contribution in [-0.4, -0.2) is 25.2 Å². The number of carbonyl (C=O) groups excluding carboxylic acids is 2. The Hall–Kier alpha value is -1.84. The van der Waals surface area contributed by atoms with Gasteiger partial charge in [0.15, 0.2) is 0 Å². The van der Waals surface area contributed by atoms with Crippen molar-refractivity contribution in [1.82, 2.24) is 0 Å². The first kappa shape index (κ1) is 18.2. The fourth-order valence-corrected chi connectivity index (χ4v) is 2.41. The highest BCUT2D eigenvalue weighted by molar-refractivity contribution is 5.70. The fourth-order valence-electron chi connectivity index (χ4n) is 2.41. The van der Waals surface area contributed by atoms with Gasteiger partial charge in [-0.1, -0.05) is 30.3 Å². The van der Waals surface area contributed by atoms with Crippen molar-refractivity contribution in [2.24, 2.45) is 5.92 Å². The van der Waals surface area contributed by atoms with Crippen molar-refractivity contribution in [1.29, 1.82) is 0 Å². The predicted octanol–water partition coefficient (Wildman–Crippen LogP) is 3.53. The third-order valence-corrected chi connectivity index (χ3v) is 3.49. The van der Waals surface area contributed by atoms with Crippen molar-refractivity contribution in [3.8, 4) is 0 Å². The van der Waals surface area contributed by atoms with E-state index in [9.17, 15) is 9.59 Å². The maximum atomic E-state index is 11.5. The van der Waals surface area contributed by atoms with Crippen LogP contribution in [0.3, 0.4) is 0 Å². The Balaban J connectivity index is 2.52. The summed E-state index contributed by atoms with van der Waals surface area (Å²) < 4.78 is 9.95. The van der Waals surface area contributed by atoms with Gasteiger partial charge >= 0.3 is 11.9 Å². The van der Waals surface area contributed by atoms with Crippen LogP contribution in [0.15, 0.2) is 30.3 Å². The molecule has 0 aromatic heterocycles. The minimum absolute atomic E-state index is 0.170. The first-order valence-electron chi connectivity index (χ1n) is 8.00. The summed E-state index contributed by atoms with van der Waals surface area (Å²) in [6.45, 7) is 4.43. The van der Waals surface area contributed by atoms with E-state index in [-0.39, 0.29) is 17.9 Å². The SMILES string of the molecule is CCOC(=O)CCC(CCC(=O)OCC)Cc1ccccc1. The van der Waals surface area contributed by atoms with Crippen LogP contribution in [0.5, 0.6) is 0 Å². The van der Waals surface area contributed by atoms with E-state index in [1.807, 2.05) is 18.2 Å². The van der Waals surface area contributed by atoms with Crippen molar-refractivity contribution in [3.63, 3.8) is 0 Å². The lowest BCUT2D eigenvalue weighted by molar-refractivity contribution is -0.143. The summed E-state index contributed by atoms with van der Waals surface area (Å²) >= 11 is 0. The van der Waals surface area contributed by atoms with Gasteiger partial charge in [0, 0.05) is 12.8 Å². The molecule has 0 amide bonds. The molecule has 0 bridgehead atoms. The maximum Gasteiger partial charge on any atom is 0.305 e. The molecule has 22 heavy (non-hydrogen) atoms. The molecule has 0 fully saturated rings. The number of esters is 2. The fraction of sp³-hybridized carbons (Fsp3) is 0.556. The molecule has 0 saturated carbocycles. The van der Waals surface area contributed by atoms with E-state index in [0.717, 1.165) is 19.3 Å². The molecule has 1 rings (SSSR count). The molecule has 122 valence electrons. The maximum absolute atomic E-state index is 11.5. The topological polar surface area (TPSA) is 52.6 Å². The van der Waals surface area contributed by atoms with Crippen LogP contribution in [-0.2, 0) is 25.5 Å². The molecule has 1 aromatic carbocycles. The van der Waals surface area contributed by atoms with Crippen molar-refractivity contribution < 1.29 is 19.1 Å². The highest BCUT2D eigenvalue weighted by Crippen LogP contribution is 2.20. The first-order valence-corrected chi connectivity index (χ1v) is 8.00. The zero-order valence-electron chi connectivity index (χ0n) is 13.5. The van der Waals surface area contributed by atoms with Gasteiger partial charge in [-0.2, -0.15) is 0 Å². The van der Waals surface area contributed by atoms with Crippen LogP contribution in [0, 0.1) is 5.92 Å². The van der Waals surface area contributed by atoms with E-state index in [1.165, 1.54) is 5.56 Å². The standard InChI is InChI=1S/C18H26O4/c1-3-21-17(19)12-10-16(11-13-18(20)22-4-2)14-15-8-6-5-7-9-15/h5-9,16H,3-4,10-14H2,1-2H3. The Morgan fingerprint density at radius 3 is 1.86 bits per heavy atom. The summed E-state index contributed by atoms with van der Waals surface area (Å²) in [5, 5.41) is 0. The monoisotopic (exact) mass is 306 g/mol. The summed E-state index contributed by atoms with van der Waals surface area (Å²) in [4.78, 5) is 23.1. The normalized spacial score (nSPS) is 10.5. The molecule has 0 radical (unpaired) electrons. The first-order chi connectivity index (χ1) is 10.7. The van der Waals surface area contributed by atoms with E-state index in [4.69, 9.17) is 9.47 Å². The molecule has 0 aliphatic rings. The molecule has 0 unspecified atom stereocenters. The molecule has 0 N–H and O–H groups in total. The molecule has 0 saturated heterocycles. The van der Waals surface area contributed by atoms with Gasteiger partial charge in [-0.25, -0.2) is 0 Å². The molecule has 4 nitrogen and oxygen atoms in total. The van der Waals surface area contributed by atoms with Gasteiger partial charge in [0.1, 0.15) is 0 Å². The smallest absolute Gasteiger partial charge is 0.305 e. The van der Waals surface area contributed by atoms with Gasteiger partial charge < -0.3 is 9.47 Å². The Kier molecular flexibility index (Phi) is 8.96. The lowest BCUT2D eigenvalue weighted by atomic mass is 9.90. The number of benzene rings is 1. The van der Waals surface area contributed by atoms with Crippen LogP contribution < -0.4 is 0 Å². The highest BCUT2D eigenvalue weighted by atomic mass is 16.5. The average Bonchev–Trinajstić information content (AvgIpc) is 2.51. The Morgan fingerprint density at radius 2 is 1.41 bits per heavy atom. The van der Waals surface area contributed by atoms with Crippen molar-refractivity contribution >= 4 is 11.9 Å². The number of rotatable bonds is 10. The van der Waals surface area contributed by atoms with Gasteiger partial charge in [-0.15, -0.1) is 0 Å². The Morgan fingerprint density at radius 1 is 0.909 bits per heavy atom. The molecular formula is C18H26O4. The van der Waals surface area contributed by atoms with E-state index >= 15 is 0 Å². The molecule has 0 atom stereocenters. The predicted molar refractivity (Wildman–Crippen MR) is 85.4 cm³/mol. The number of hydrogen-bond acceptors (Lipinski definition) is 4. The third-order valence-electron chi connectivity index (χ3n) is 3.49. The van der Waals surface area contributed by atoms with E-state index in [1.54, 1.807) is 13.8 Å². The second-order valence-electron chi connectivity index (χ2n) is 5.24. The van der Waals surface area contributed by atoms with Gasteiger partial charge in [0.2, 0.25) is 0 Å². The zero-order valence-corrected chi connectivity index (χ0v) is 13.5. The van der Waals surface area contributed by atoms with Crippen LogP contribution in [0.2, 0.25) is 0 Å². The van der Waals surface area contributed by atoms with Gasteiger partial charge in [-0.3, -0.25) is 9.59 Å². The zero-order chi connectivity index (χ0) is 16.2. The lowest BCUT2D eigenvalue weighted by Gasteiger charge is -2.16. The van der Waals surface area contributed by atoms with Crippen molar-refractivity contribution in [2.75, 3.05) is 13.2 Å².